The van der Waals surface area contributed by atoms with Gasteiger partial charge in [0, 0.05) is 12.6 Å². The summed E-state index contributed by atoms with van der Waals surface area (Å²) in [5.41, 5.74) is 1.37. The van der Waals surface area contributed by atoms with E-state index in [-0.39, 0.29) is 0 Å². The maximum absolute atomic E-state index is 6.07. The summed E-state index contributed by atoms with van der Waals surface area (Å²) in [4.78, 5) is 0. The van der Waals surface area contributed by atoms with Crippen molar-refractivity contribution >= 4 is 0 Å². The van der Waals surface area contributed by atoms with E-state index in [9.17, 15) is 0 Å². The third-order valence-corrected chi connectivity index (χ3v) is 3.46. The van der Waals surface area contributed by atoms with E-state index in [2.05, 4.69) is 43.4 Å². The van der Waals surface area contributed by atoms with E-state index in [0.717, 1.165) is 31.2 Å². The van der Waals surface area contributed by atoms with Crippen LogP contribution in [0.3, 0.4) is 0 Å². The normalized spacial score (nSPS) is 16.6. The van der Waals surface area contributed by atoms with Crippen molar-refractivity contribution in [2.75, 3.05) is 6.54 Å². The van der Waals surface area contributed by atoms with Crippen LogP contribution in [0.25, 0.3) is 0 Å². The van der Waals surface area contributed by atoms with E-state index in [1.807, 2.05) is 0 Å². The van der Waals surface area contributed by atoms with Crippen LogP contribution in [0.4, 0.5) is 0 Å². The molecule has 0 bridgehead atoms. The Labute approximate surface area is 111 Å². The van der Waals surface area contributed by atoms with Crippen molar-refractivity contribution in [2.45, 2.75) is 58.1 Å². The van der Waals surface area contributed by atoms with Crippen molar-refractivity contribution in [3.63, 3.8) is 0 Å². The largest absolute Gasteiger partial charge is 0.489 e. The van der Waals surface area contributed by atoms with Crippen LogP contribution in [-0.4, -0.2) is 18.7 Å². The van der Waals surface area contributed by atoms with Crippen LogP contribution in [0.5, 0.6) is 5.75 Å². The molecule has 0 aliphatic heterocycles. The minimum Gasteiger partial charge on any atom is -0.489 e. The summed E-state index contributed by atoms with van der Waals surface area (Å²) < 4.78 is 6.07. The summed E-state index contributed by atoms with van der Waals surface area (Å²) in [6, 6.07) is 9.27. The molecular formula is C16H25NO. The standard InChI is InChI=1S/C16H25NO/c1-3-5-16(12-17-14-8-9-14)18-15-10-6-13(4-2)7-11-15/h6-7,10-11,14,16-17H,3-5,8-9,12H2,1-2H3. The second-order valence-electron chi connectivity index (χ2n) is 5.21. The van der Waals surface area contributed by atoms with Gasteiger partial charge in [-0.1, -0.05) is 32.4 Å². The SMILES string of the molecule is CCCC(CNC1CC1)Oc1ccc(CC)cc1. The van der Waals surface area contributed by atoms with Gasteiger partial charge in [-0.05, 0) is 43.4 Å². The monoisotopic (exact) mass is 247 g/mol. The zero-order chi connectivity index (χ0) is 12.8. The molecule has 1 atom stereocenters. The molecule has 1 saturated carbocycles. The number of aryl methyl sites for hydroxylation is 1. The van der Waals surface area contributed by atoms with E-state index < -0.39 is 0 Å². The topological polar surface area (TPSA) is 21.3 Å². The highest BCUT2D eigenvalue weighted by Gasteiger charge is 2.22. The van der Waals surface area contributed by atoms with Crippen molar-refractivity contribution in [1.82, 2.24) is 5.32 Å². The Balaban J connectivity index is 1.84. The summed E-state index contributed by atoms with van der Waals surface area (Å²) in [6.45, 7) is 5.37. The maximum atomic E-state index is 6.07. The molecule has 1 fully saturated rings. The molecule has 1 unspecified atom stereocenters. The van der Waals surface area contributed by atoms with Gasteiger partial charge >= 0.3 is 0 Å². The first kappa shape index (κ1) is 13.4. The maximum Gasteiger partial charge on any atom is 0.119 e. The van der Waals surface area contributed by atoms with E-state index in [1.54, 1.807) is 0 Å². The van der Waals surface area contributed by atoms with Crippen molar-refractivity contribution in [1.29, 1.82) is 0 Å². The Morgan fingerprint density at radius 1 is 1.22 bits per heavy atom. The lowest BCUT2D eigenvalue weighted by Gasteiger charge is -2.19. The Bertz CT molecular complexity index is 343. The molecule has 0 amide bonds. The number of ether oxygens (including phenoxy) is 1. The van der Waals surface area contributed by atoms with Crippen LogP contribution in [0.15, 0.2) is 24.3 Å². The predicted octanol–water partition coefficient (Wildman–Crippen LogP) is 3.55. The molecule has 0 heterocycles. The van der Waals surface area contributed by atoms with Gasteiger partial charge in [0.15, 0.2) is 0 Å². The molecule has 18 heavy (non-hydrogen) atoms. The molecule has 1 N–H and O–H groups in total. The van der Waals surface area contributed by atoms with Crippen LogP contribution < -0.4 is 10.1 Å². The van der Waals surface area contributed by atoms with Crippen molar-refractivity contribution in [2.24, 2.45) is 0 Å². The molecule has 1 aromatic rings. The Hall–Kier alpha value is -1.02. The zero-order valence-electron chi connectivity index (χ0n) is 11.6. The van der Waals surface area contributed by atoms with Crippen LogP contribution in [0, 0.1) is 0 Å². The van der Waals surface area contributed by atoms with Crippen molar-refractivity contribution < 1.29 is 4.74 Å². The first-order valence-corrected chi connectivity index (χ1v) is 7.30. The molecule has 0 radical (unpaired) electrons. The molecule has 2 nitrogen and oxygen atoms in total. The highest BCUT2D eigenvalue weighted by molar-refractivity contribution is 5.27. The molecule has 2 heteroatoms. The third-order valence-electron chi connectivity index (χ3n) is 3.46. The lowest BCUT2D eigenvalue weighted by atomic mass is 10.1. The van der Waals surface area contributed by atoms with Gasteiger partial charge in [0.1, 0.15) is 11.9 Å². The molecule has 0 spiro atoms. The lowest BCUT2D eigenvalue weighted by Crippen LogP contribution is -2.32. The van der Waals surface area contributed by atoms with E-state index in [4.69, 9.17) is 4.74 Å². The van der Waals surface area contributed by atoms with Gasteiger partial charge in [-0.25, -0.2) is 0 Å². The molecule has 100 valence electrons. The Morgan fingerprint density at radius 3 is 2.50 bits per heavy atom. The molecule has 1 aromatic carbocycles. The van der Waals surface area contributed by atoms with Gasteiger partial charge in [0.05, 0.1) is 0 Å². The molecule has 1 aliphatic carbocycles. The molecule has 1 aliphatic rings. The van der Waals surface area contributed by atoms with E-state index >= 15 is 0 Å². The Morgan fingerprint density at radius 2 is 1.94 bits per heavy atom. The van der Waals surface area contributed by atoms with Gasteiger partial charge in [0.2, 0.25) is 0 Å². The van der Waals surface area contributed by atoms with Gasteiger partial charge in [-0.3, -0.25) is 0 Å². The van der Waals surface area contributed by atoms with Gasteiger partial charge in [-0.2, -0.15) is 0 Å². The third kappa shape index (κ3) is 4.34. The lowest BCUT2D eigenvalue weighted by molar-refractivity contribution is 0.186. The number of hydrogen-bond donors (Lipinski definition) is 1. The minimum absolute atomic E-state index is 0.308. The highest BCUT2D eigenvalue weighted by Crippen LogP contribution is 2.20. The quantitative estimate of drug-likeness (QED) is 0.758. The van der Waals surface area contributed by atoms with Gasteiger partial charge < -0.3 is 10.1 Å². The summed E-state index contributed by atoms with van der Waals surface area (Å²) in [7, 11) is 0. The summed E-state index contributed by atoms with van der Waals surface area (Å²) >= 11 is 0. The van der Waals surface area contributed by atoms with Crippen LogP contribution in [-0.2, 0) is 6.42 Å². The van der Waals surface area contributed by atoms with Crippen LogP contribution in [0.1, 0.15) is 45.1 Å². The smallest absolute Gasteiger partial charge is 0.119 e. The molecule has 2 rings (SSSR count). The van der Waals surface area contributed by atoms with Crippen molar-refractivity contribution in [3.05, 3.63) is 29.8 Å². The van der Waals surface area contributed by atoms with Crippen LogP contribution >= 0.6 is 0 Å². The number of hydrogen-bond acceptors (Lipinski definition) is 2. The first-order valence-electron chi connectivity index (χ1n) is 7.30. The summed E-state index contributed by atoms with van der Waals surface area (Å²) in [5.74, 6) is 1.00. The number of nitrogens with one attached hydrogen (secondary N) is 1. The number of benzene rings is 1. The van der Waals surface area contributed by atoms with E-state index in [1.165, 1.54) is 24.8 Å². The van der Waals surface area contributed by atoms with Crippen LogP contribution in [0.2, 0.25) is 0 Å². The molecule has 0 aromatic heterocycles. The van der Waals surface area contributed by atoms with E-state index in [0.29, 0.717) is 6.10 Å². The fourth-order valence-corrected chi connectivity index (χ4v) is 2.11. The molecule has 0 saturated heterocycles. The van der Waals surface area contributed by atoms with Gasteiger partial charge in [0.25, 0.3) is 0 Å². The number of rotatable bonds is 8. The second-order valence-corrected chi connectivity index (χ2v) is 5.21. The minimum atomic E-state index is 0.308. The average Bonchev–Trinajstić information content (AvgIpc) is 3.21. The fourth-order valence-electron chi connectivity index (χ4n) is 2.11. The Kier molecular flexibility index (Phi) is 5.06. The highest BCUT2D eigenvalue weighted by atomic mass is 16.5. The fraction of sp³-hybridized carbons (Fsp3) is 0.625. The summed E-state index contributed by atoms with van der Waals surface area (Å²) in [5, 5.41) is 3.56. The predicted molar refractivity (Wildman–Crippen MR) is 76.2 cm³/mol. The summed E-state index contributed by atoms with van der Waals surface area (Å²) in [6.07, 6.45) is 6.36. The zero-order valence-corrected chi connectivity index (χ0v) is 11.6. The molecular weight excluding hydrogens is 222 g/mol. The first-order chi connectivity index (χ1) is 8.81. The second kappa shape index (κ2) is 6.79. The average molecular weight is 247 g/mol. The van der Waals surface area contributed by atoms with Crippen molar-refractivity contribution in [3.8, 4) is 5.75 Å². The van der Waals surface area contributed by atoms with Gasteiger partial charge in [-0.15, -0.1) is 0 Å².